The molecule has 1 fully saturated rings. The highest BCUT2D eigenvalue weighted by molar-refractivity contribution is 7.89. The molecule has 0 aliphatic carbocycles. The SMILES string of the molecule is Cc1ccccc1CN1CCCN(C(=O)c2cccc(S(=O)(=O)N(C)C)c2)CC1. The molecular formula is C22H29N3O3S. The molecule has 0 bridgehead atoms. The highest BCUT2D eigenvalue weighted by Gasteiger charge is 2.23. The van der Waals surface area contributed by atoms with Crippen molar-refractivity contribution < 1.29 is 13.2 Å². The summed E-state index contributed by atoms with van der Waals surface area (Å²) in [7, 11) is -0.588. The lowest BCUT2D eigenvalue weighted by Crippen LogP contribution is -2.35. The second-order valence-electron chi connectivity index (χ2n) is 7.66. The van der Waals surface area contributed by atoms with Crippen LogP contribution in [0.1, 0.15) is 27.9 Å². The first-order valence-corrected chi connectivity index (χ1v) is 11.3. The summed E-state index contributed by atoms with van der Waals surface area (Å²) in [6.45, 7) is 6.05. The van der Waals surface area contributed by atoms with Gasteiger partial charge >= 0.3 is 0 Å². The molecule has 0 radical (unpaired) electrons. The van der Waals surface area contributed by atoms with Gasteiger partial charge in [0.05, 0.1) is 4.90 Å². The van der Waals surface area contributed by atoms with E-state index >= 15 is 0 Å². The van der Waals surface area contributed by atoms with Gasteiger partial charge in [-0.15, -0.1) is 0 Å². The molecule has 1 aliphatic heterocycles. The van der Waals surface area contributed by atoms with Crippen LogP contribution in [-0.2, 0) is 16.6 Å². The molecule has 0 saturated carbocycles. The lowest BCUT2D eigenvalue weighted by Gasteiger charge is -2.23. The molecule has 6 nitrogen and oxygen atoms in total. The van der Waals surface area contributed by atoms with Crippen LogP contribution in [0.25, 0.3) is 0 Å². The van der Waals surface area contributed by atoms with Crippen LogP contribution in [0.3, 0.4) is 0 Å². The van der Waals surface area contributed by atoms with Gasteiger partial charge in [0.1, 0.15) is 0 Å². The van der Waals surface area contributed by atoms with Crippen LogP contribution in [0, 0.1) is 6.92 Å². The lowest BCUT2D eigenvalue weighted by atomic mass is 10.1. The summed E-state index contributed by atoms with van der Waals surface area (Å²) in [5.74, 6) is -0.112. The van der Waals surface area contributed by atoms with E-state index < -0.39 is 10.0 Å². The third-order valence-corrected chi connectivity index (χ3v) is 7.20. The van der Waals surface area contributed by atoms with E-state index in [1.165, 1.54) is 37.4 Å². The molecule has 1 saturated heterocycles. The first-order chi connectivity index (χ1) is 13.8. The highest BCUT2D eigenvalue weighted by Crippen LogP contribution is 2.18. The van der Waals surface area contributed by atoms with E-state index in [-0.39, 0.29) is 10.8 Å². The Morgan fingerprint density at radius 2 is 1.76 bits per heavy atom. The van der Waals surface area contributed by atoms with Crippen molar-refractivity contribution in [1.29, 1.82) is 0 Å². The lowest BCUT2D eigenvalue weighted by molar-refractivity contribution is 0.0761. The summed E-state index contributed by atoms with van der Waals surface area (Å²) in [6.07, 6.45) is 0.896. The van der Waals surface area contributed by atoms with Gasteiger partial charge in [0.25, 0.3) is 5.91 Å². The fourth-order valence-electron chi connectivity index (χ4n) is 3.54. The van der Waals surface area contributed by atoms with Crippen molar-refractivity contribution in [1.82, 2.24) is 14.1 Å². The molecule has 0 unspecified atom stereocenters. The van der Waals surface area contributed by atoms with Gasteiger partial charge in [-0.1, -0.05) is 30.3 Å². The molecule has 2 aromatic rings. The van der Waals surface area contributed by atoms with Crippen LogP contribution in [0.4, 0.5) is 0 Å². The number of hydrogen-bond donors (Lipinski definition) is 0. The van der Waals surface area contributed by atoms with Gasteiger partial charge in [-0.3, -0.25) is 9.69 Å². The van der Waals surface area contributed by atoms with Crippen LogP contribution in [-0.4, -0.2) is 68.7 Å². The van der Waals surface area contributed by atoms with E-state index in [9.17, 15) is 13.2 Å². The van der Waals surface area contributed by atoms with Gasteiger partial charge < -0.3 is 4.90 Å². The maximum Gasteiger partial charge on any atom is 0.253 e. The number of benzene rings is 2. The number of sulfonamides is 1. The molecule has 7 heteroatoms. The predicted octanol–water partition coefficient (Wildman–Crippen LogP) is 2.59. The Kier molecular flexibility index (Phi) is 6.72. The standard InChI is InChI=1S/C22H29N3O3S/c1-18-8-4-5-9-20(18)17-24-12-7-13-25(15-14-24)22(26)19-10-6-11-21(16-19)29(27,28)23(2)3/h4-6,8-11,16H,7,12-15,17H2,1-3H3. The van der Waals surface area contributed by atoms with Crippen molar-refractivity contribution >= 4 is 15.9 Å². The van der Waals surface area contributed by atoms with E-state index in [4.69, 9.17) is 0 Å². The Labute approximate surface area is 173 Å². The topological polar surface area (TPSA) is 60.9 Å². The molecular weight excluding hydrogens is 386 g/mol. The van der Waals surface area contributed by atoms with Crippen LogP contribution in [0.15, 0.2) is 53.4 Å². The summed E-state index contributed by atoms with van der Waals surface area (Å²) < 4.78 is 25.9. The second kappa shape index (κ2) is 9.07. The zero-order valence-electron chi connectivity index (χ0n) is 17.3. The van der Waals surface area contributed by atoms with E-state index in [1.807, 2.05) is 11.0 Å². The van der Waals surface area contributed by atoms with Crippen LogP contribution in [0.5, 0.6) is 0 Å². The van der Waals surface area contributed by atoms with Crippen molar-refractivity contribution in [2.24, 2.45) is 0 Å². The average Bonchev–Trinajstić information content (AvgIpc) is 2.95. The number of carbonyl (C=O) groups is 1. The number of carbonyl (C=O) groups excluding carboxylic acids is 1. The Morgan fingerprint density at radius 3 is 2.48 bits per heavy atom. The third-order valence-electron chi connectivity index (χ3n) is 5.39. The molecule has 1 aliphatic rings. The molecule has 0 atom stereocenters. The van der Waals surface area contributed by atoms with Gasteiger partial charge in [-0.2, -0.15) is 0 Å². The van der Waals surface area contributed by atoms with Crippen molar-refractivity contribution in [3.63, 3.8) is 0 Å². The zero-order chi connectivity index (χ0) is 21.0. The number of nitrogens with zero attached hydrogens (tertiary/aromatic N) is 3. The summed E-state index contributed by atoms with van der Waals surface area (Å²) in [5.41, 5.74) is 3.01. The van der Waals surface area contributed by atoms with E-state index in [0.29, 0.717) is 18.7 Å². The maximum atomic E-state index is 13.0. The van der Waals surface area contributed by atoms with Crippen molar-refractivity contribution in [2.45, 2.75) is 24.8 Å². The number of rotatable bonds is 5. The first-order valence-electron chi connectivity index (χ1n) is 9.88. The largest absolute Gasteiger partial charge is 0.337 e. The minimum absolute atomic E-state index is 0.112. The average molecular weight is 416 g/mol. The first kappa shape index (κ1) is 21.5. The zero-order valence-corrected chi connectivity index (χ0v) is 18.2. The summed E-state index contributed by atoms with van der Waals surface area (Å²) in [4.78, 5) is 17.4. The summed E-state index contributed by atoms with van der Waals surface area (Å²) >= 11 is 0. The Morgan fingerprint density at radius 1 is 1.00 bits per heavy atom. The van der Waals surface area contributed by atoms with E-state index in [0.717, 1.165) is 30.4 Å². The number of amides is 1. The molecule has 1 amide bonds. The highest BCUT2D eigenvalue weighted by atomic mass is 32.2. The third kappa shape index (κ3) is 5.04. The van der Waals surface area contributed by atoms with Gasteiger partial charge in [0.2, 0.25) is 10.0 Å². The Hall–Kier alpha value is -2.22. The van der Waals surface area contributed by atoms with E-state index in [1.54, 1.807) is 12.1 Å². The number of aryl methyl sites for hydroxylation is 1. The van der Waals surface area contributed by atoms with Gasteiger partial charge in [0.15, 0.2) is 0 Å². The summed E-state index contributed by atoms with van der Waals surface area (Å²) in [5, 5.41) is 0. The second-order valence-corrected chi connectivity index (χ2v) is 9.82. The minimum Gasteiger partial charge on any atom is -0.337 e. The monoisotopic (exact) mass is 415 g/mol. The van der Waals surface area contributed by atoms with Crippen LogP contribution >= 0.6 is 0 Å². The van der Waals surface area contributed by atoms with Gasteiger partial charge in [0, 0.05) is 52.4 Å². The van der Waals surface area contributed by atoms with Gasteiger partial charge in [-0.05, 0) is 42.7 Å². The summed E-state index contributed by atoms with van der Waals surface area (Å²) in [6, 6.07) is 14.7. The minimum atomic E-state index is -3.56. The Balaban J connectivity index is 1.69. The quantitative estimate of drug-likeness (QED) is 0.753. The van der Waals surface area contributed by atoms with Crippen LogP contribution < -0.4 is 0 Å². The van der Waals surface area contributed by atoms with Crippen molar-refractivity contribution in [3.05, 3.63) is 65.2 Å². The Bertz CT molecular complexity index is 973. The van der Waals surface area contributed by atoms with Crippen LogP contribution in [0.2, 0.25) is 0 Å². The molecule has 0 spiro atoms. The maximum absolute atomic E-state index is 13.0. The fourth-order valence-corrected chi connectivity index (χ4v) is 4.49. The molecule has 3 rings (SSSR count). The predicted molar refractivity (Wildman–Crippen MR) is 114 cm³/mol. The molecule has 29 heavy (non-hydrogen) atoms. The smallest absolute Gasteiger partial charge is 0.253 e. The molecule has 2 aromatic carbocycles. The van der Waals surface area contributed by atoms with Gasteiger partial charge in [-0.25, -0.2) is 12.7 Å². The molecule has 156 valence electrons. The fraction of sp³-hybridized carbons (Fsp3) is 0.409. The molecule has 0 N–H and O–H groups in total. The normalized spacial score (nSPS) is 16.1. The molecule has 1 heterocycles. The molecule has 0 aromatic heterocycles. The van der Waals surface area contributed by atoms with E-state index in [2.05, 4.69) is 30.0 Å². The van der Waals surface area contributed by atoms with Crippen molar-refractivity contribution in [2.75, 3.05) is 40.3 Å². The van der Waals surface area contributed by atoms with Crippen molar-refractivity contribution in [3.8, 4) is 0 Å². The number of hydrogen-bond acceptors (Lipinski definition) is 4.